The molecule has 0 atom stereocenters. The van der Waals surface area contributed by atoms with Crippen molar-refractivity contribution < 1.29 is 9.53 Å². The lowest BCUT2D eigenvalue weighted by Gasteiger charge is -2.16. The Balaban J connectivity index is 1.80. The van der Waals surface area contributed by atoms with Gasteiger partial charge in [0.25, 0.3) is 5.91 Å². The van der Waals surface area contributed by atoms with Crippen LogP contribution in [0.25, 0.3) is 16.9 Å². The minimum absolute atomic E-state index is 0.0316. The number of carbonyl (C=O) groups is 1. The highest BCUT2D eigenvalue weighted by Gasteiger charge is 2.25. The highest BCUT2D eigenvalue weighted by Crippen LogP contribution is 2.28. The van der Waals surface area contributed by atoms with E-state index in [1.54, 1.807) is 30.0 Å². The summed E-state index contributed by atoms with van der Waals surface area (Å²) in [6.45, 7) is 1.53. The number of likely N-dealkylation sites (tertiary alicyclic amines) is 1. The molecule has 144 valence electrons. The van der Waals surface area contributed by atoms with Gasteiger partial charge in [-0.15, -0.1) is 0 Å². The fraction of sp³-hybridized carbons (Fsp3) is 0.238. The minimum atomic E-state index is -0.0316. The van der Waals surface area contributed by atoms with Gasteiger partial charge < -0.3 is 9.64 Å². The van der Waals surface area contributed by atoms with Crippen LogP contribution in [-0.4, -0.2) is 40.8 Å². The zero-order valence-corrected chi connectivity index (χ0v) is 16.9. The van der Waals surface area contributed by atoms with E-state index in [1.165, 1.54) is 0 Å². The number of methoxy groups -OCH3 is 1. The topological polar surface area (TPSA) is 47.4 Å². The van der Waals surface area contributed by atoms with Crippen LogP contribution in [0.3, 0.4) is 0 Å². The van der Waals surface area contributed by atoms with Gasteiger partial charge in [-0.05, 0) is 61.4 Å². The highest BCUT2D eigenvalue weighted by atomic mass is 35.5. The molecule has 4 rings (SSSR count). The van der Waals surface area contributed by atoms with E-state index in [2.05, 4.69) is 0 Å². The zero-order chi connectivity index (χ0) is 19.7. The molecule has 5 nitrogen and oxygen atoms in total. The van der Waals surface area contributed by atoms with Crippen molar-refractivity contribution in [2.45, 2.75) is 12.8 Å². The molecule has 0 N–H and O–H groups in total. The Labute approximate surface area is 173 Å². The summed E-state index contributed by atoms with van der Waals surface area (Å²) in [5, 5.41) is 5.57. The van der Waals surface area contributed by atoms with Crippen LogP contribution in [0, 0.1) is 0 Å². The minimum Gasteiger partial charge on any atom is -0.497 e. The summed E-state index contributed by atoms with van der Waals surface area (Å²) in [5.74, 6) is 0.733. The van der Waals surface area contributed by atoms with E-state index in [0.717, 1.165) is 37.2 Å². The summed E-state index contributed by atoms with van der Waals surface area (Å²) in [6.07, 6.45) is 2.05. The van der Waals surface area contributed by atoms with E-state index >= 15 is 0 Å². The second-order valence-corrected chi connectivity index (χ2v) is 7.47. The lowest BCUT2D eigenvalue weighted by Crippen LogP contribution is -2.29. The molecule has 1 fully saturated rings. The van der Waals surface area contributed by atoms with E-state index < -0.39 is 0 Å². The summed E-state index contributed by atoms with van der Waals surface area (Å²) < 4.78 is 6.86. The molecule has 0 bridgehead atoms. The third kappa shape index (κ3) is 3.60. The summed E-state index contributed by atoms with van der Waals surface area (Å²) in [4.78, 5) is 15.0. The molecule has 1 aliphatic heterocycles. The predicted molar refractivity (Wildman–Crippen MR) is 111 cm³/mol. The zero-order valence-electron chi connectivity index (χ0n) is 15.4. The van der Waals surface area contributed by atoms with Crippen LogP contribution < -0.4 is 4.74 Å². The molecule has 1 aromatic heterocycles. The molecule has 28 heavy (non-hydrogen) atoms. The molecule has 1 aliphatic rings. The largest absolute Gasteiger partial charge is 0.497 e. The second-order valence-electron chi connectivity index (χ2n) is 6.65. The molecule has 2 heterocycles. The van der Waals surface area contributed by atoms with E-state index in [4.69, 9.17) is 33.0 Å². The van der Waals surface area contributed by atoms with Crippen LogP contribution in [0.1, 0.15) is 23.3 Å². The normalized spacial score (nSPS) is 13.8. The quantitative estimate of drug-likeness (QED) is 0.595. The third-order valence-corrected chi connectivity index (χ3v) is 5.59. The first-order valence-electron chi connectivity index (χ1n) is 9.06. The van der Waals surface area contributed by atoms with Gasteiger partial charge in [-0.25, -0.2) is 4.68 Å². The van der Waals surface area contributed by atoms with Crippen molar-refractivity contribution in [3.63, 3.8) is 0 Å². The van der Waals surface area contributed by atoms with Crippen molar-refractivity contribution in [2.24, 2.45) is 0 Å². The standard InChI is InChI=1S/C21H19Cl2N3O2/c1-28-16-7-4-14(5-8-16)19-13-20(21(27)25-10-2-3-11-25)26(24-19)15-6-9-17(22)18(23)12-15/h4-9,12-13H,2-3,10-11H2,1H3. The monoisotopic (exact) mass is 415 g/mol. The molecule has 3 aromatic rings. The molecule has 0 unspecified atom stereocenters. The maximum Gasteiger partial charge on any atom is 0.272 e. The Bertz CT molecular complexity index is 1010. The van der Waals surface area contributed by atoms with E-state index in [0.29, 0.717) is 27.1 Å². The van der Waals surface area contributed by atoms with Crippen molar-refractivity contribution in [2.75, 3.05) is 20.2 Å². The Hall–Kier alpha value is -2.50. The molecular weight excluding hydrogens is 397 g/mol. The maximum absolute atomic E-state index is 13.1. The number of amides is 1. The van der Waals surface area contributed by atoms with Gasteiger partial charge in [0.1, 0.15) is 11.4 Å². The lowest BCUT2D eigenvalue weighted by atomic mass is 10.1. The second kappa shape index (κ2) is 7.86. The van der Waals surface area contributed by atoms with Gasteiger partial charge in [0.15, 0.2) is 0 Å². The van der Waals surface area contributed by atoms with Crippen LogP contribution >= 0.6 is 23.2 Å². The Morgan fingerprint density at radius 3 is 2.36 bits per heavy atom. The third-order valence-electron chi connectivity index (χ3n) is 4.86. The van der Waals surface area contributed by atoms with Gasteiger partial charge in [-0.3, -0.25) is 4.79 Å². The Morgan fingerprint density at radius 2 is 1.71 bits per heavy atom. The molecule has 0 spiro atoms. The van der Waals surface area contributed by atoms with Gasteiger partial charge in [0.2, 0.25) is 0 Å². The van der Waals surface area contributed by atoms with Crippen LogP contribution in [0.15, 0.2) is 48.5 Å². The fourth-order valence-corrected chi connectivity index (χ4v) is 3.62. The van der Waals surface area contributed by atoms with Gasteiger partial charge in [0.05, 0.1) is 28.5 Å². The number of ether oxygens (including phenoxy) is 1. The van der Waals surface area contributed by atoms with Crippen LogP contribution in [0.2, 0.25) is 10.0 Å². The number of hydrogen-bond acceptors (Lipinski definition) is 3. The van der Waals surface area contributed by atoms with Crippen molar-refractivity contribution in [3.8, 4) is 22.7 Å². The van der Waals surface area contributed by atoms with Crippen molar-refractivity contribution in [3.05, 3.63) is 64.3 Å². The molecule has 7 heteroatoms. The van der Waals surface area contributed by atoms with Gasteiger partial charge in [-0.2, -0.15) is 5.10 Å². The molecule has 0 saturated carbocycles. The van der Waals surface area contributed by atoms with E-state index in [9.17, 15) is 4.79 Å². The lowest BCUT2D eigenvalue weighted by molar-refractivity contribution is 0.0784. The summed E-state index contributed by atoms with van der Waals surface area (Å²) in [6, 6.07) is 14.6. The van der Waals surface area contributed by atoms with Crippen LogP contribution in [0.5, 0.6) is 5.75 Å². The average molecular weight is 416 g/mol. The first kappa shape index (κ1) is 18.8. The Morgan fingerprint density at radius 1 is 1.00 bits per heavy atom. The fourth-order valence-electron chi connectivity index (χ4n) is 3.33. The Kier molecular flexibility index (Phi) is 5.29. The van der Waals surface area contributed by atoms with Crippen molar-refractivity contribution in [1.29, 1.82) is 0 Å². The van der Waals surface area contributed by atoms with Gasteiger partial charge in [-0.1, -0.05) is 23.2 Å². The van der Waals surface area contributed by atoms with E-state index in [1.807, 2.05) is 35.2 Å². The van der Waals surface area contributed by atoms with Crippen LogP contribution in [0.4, 0.5) is 0 Å². The number of halogens is 2. The smallest absolute Gasteiger partial charge is 0.272 e. The molecule has 1 amide bonds. The summed E-state index contributed by atoms with van der Waals surface area (Å²) in [5.41, 5.74) is 2.80. The number of aromatic nitrogens is 2. The number of hydrogen-bond donors (Lipinski definition) is 0. The first-order valence-corrected chi connectivity index (χ1v) is 9.81. The predicted octanol–water partition coefficient (Wildman–Crippen LogP) is 5.09. The number of nitrogens with zero attached hydrogens (tertiary/aromatic N) is 3. The molecule has 0 radical (unpaired) electrons. The molecular formula is C21H19Cl2N3O2. The van der Waals surface area contributed by atoms with Crippen molar-refractivity contribution >= 4 is 29.1 Å². The first-order chi connectivity index (χ1) is 13.6. The number of carbonyl (C=O) groups excluding carboxylic acids is 1. The molecule has 2 aromatic carbocycles. The van der Waals surface area contributed by atoms with Gasteiger partial charge >= 0.3 is 0 Å². The summed E-state index contributed by atoms with van der Waals surface area (Å²) in [7, 11) is 1.63. The molecule has 1 saturated heterocycles. The van der Waals surface area contributed by atoms with Crippen molar-refractivity contribution in [1.82, 2.24) is 14.7 Å². The maximum atomic E-state index is 13.1. The number of benzene rings is 2. The SMILES string of the molecule is COc1ccc(-c2cc(C(=O)N3CCCC3)n(-c3ccc(Cl)c(Cl)c3)n2)cc1. The average Bonchev–Trinajstić information content (AvgIpc) is 3.40. The van der Waals surface area contributed by atoms with Crippen LogP contribution in [-0.2, 0) is 0 Å². The summed E-state index contributed by atoms with van der Waals surface area (Å²) >= 11 is 12.3. The van der Waals surface area contributed by atoms with Gasteiger partial charge in [0, 0.05) is 18.7 Å². The highest BCUT2D eigenvalue weighted by molar-refractivity contribution is 6.42. The molecule has 0 aliphatic carbocycles. The van der Waals surface area contributed by atoms with E-state index in [-0.39, 0.29) is 5.91 Å². The number of rotatable bonds is 4.